The van der Waals surface area contributed by atoms with Crippen LogP contribution in [-0.4, -0.2) is 18.5 Å². The lowest BCUT2D eigenvalue weighted by molar-refractivity contribution is 0.585. The molecule has 3 nitrogen and oxygen atoms in total. The molecule has 0 heterocycles. The largest absolute Gasteiger partial charge is 0.357 e. The van der Waals surface area contributed by atoms with Crippen molar-refractivity contribution < 1.29 is 8.78 Å². The van der Waals surface area contributed by atoms with E-state index in [-0.39, 0.29) is 12.1 Å². The maximum Gasteiger partial charge on any atom is 0.191 e. The third kappa shape index (κ3) is 4.69. The van der Waals surface area contributed by atoms with Crippen molar-refractivity contribution in [2.75, 3.05) is 6.54 Å². The summed E-state index contributed by atoms with van der Waals surface area (Å²) in [5, 5.41) is 6.50. The minimum absolute atomic E-state index is 0.129. The van der Waals surface area contributed by atoms with Crippen LogP contribution in [0.25, 0.3) is 0 Å². The van der Waals surface area contributed by atoms with E-state index >= 15 is 0 Å². The van der Waals surface area contributed by atoms with Gasteiger partial charge >= 0.3 is 0 Å². The second-order valence-corrected chi connectivity index (χ2v) is 5.47. The Morgan fingerprint density at radius 1 is 1.33 bits per heavy atom. The molecule has 2 unspecified atom stereocenters. The van der Waals surface area contributed by atoms with Gasteiger partial charge in [0.1, 0.15) is 11.6 Å². The average molecular weight is 295 g/mol. The quantitative estimate of drug-likeness (QED) is 0.624. The Balaban J connectivity index is 1.96. The zero-order chi connectivity index (χ0) is 15.2. The van der Waals surface area contributed by atoms with Crippen molar-refractivity contribution >= 4 is 5.96 Å². The molecule has 116 valence electrons. The lowest BCUT2D eigenvalue weighted by Crippen LogP contribution is -2.39. The van der Waals surface area contributed by atoms with Gasteiger partial charge in [-0.2, -0.15) is 0 Å². The highest BCUT2D eigenvalue weighted by Crippen LogP contribution is 2.34. The van der Waals surface area contributed by atoms with Gasteiger partial charge in [-0.1, -0.05) is 13.3 Å². The Hall–Kier alpha value is -1.65. The SMILES string of the molecule is CCCC1CC1NC(=NCc1cc(F)ccc1F)NCC. The maximum absolute atomic E-state index is 13.6. The van der Waals surface area contributed by atoms with Crippen LogP contribution in [0.4, 0.5) is 8.78 Å². The van der Waals surface area contributed by atoms with Crippen LogP contribution < -0.4 is 10.6 Å². The van der Waals surface area contributed by atoms with Gasteiger partial charge in [-0.25, -0.2) is 13.8 Å². The van der Waals surface area contributed by atoms with Crippen LogP contribution in [0.3, 0.4) is 0 Å². The molecule has 0 aliphatic heterocycles. The molecular formula is C16H23F2N3. The number of rotatable bonds is 6. The van der Waals surface area contributed by atoms with E-state index in [0.29, 0.717) is 17.9 Å². The molecule has 1 aliphatic carbocycles. The van der Waals surface area contributed by atoms with Crippen molar-refractivity contribution in [2.24, 2.45) is 10.9 Å². The summed E-state index contributed by atoms with van der Waals surface area (Å²) in [5.41, 5.74) is 0.271. The smallest absolute Gasteiger partial charge is 0.191 e. The molecule has 0 aromatic heterocycles. The molecule has 1 fully saturated rings. The van der Waals surface area contributed by atoms with Gasteiger partial charge in [0, 0.05) is 18.2 Å². The van der Waals surface area contributed by atoms with Crippen molar-refractivity contribution in [1.82, 2.24) is 10.6 Å². The van der Waals surface area contributed by atoms with Crippen LogP contribution in [0.5, 0.6) is 0 Å². The molecule has 1 aromatic rings. The molecule has 2 rings (SSSR count). The minimum Gasteiger partial charge on any atom is -0.357 e. The molecule has 1 aliphatic rings. The maximum atomic E-state index is 13.6. The van der Waals surface area contributed by atoms with Crippen molar-refractivity contribution in [3.05, 3.63) is 35.4 Å². The number of hydrogen-bond donors (Lipinski definition) is 2. The Labute approximate surface area is 124 Å². The Morgan fingerprint density at radius 2 is 2.14 bits per heavy atom. The summed E-state index contributed by atoms with van der Waals surface area (Å²) < 4.78 is 26.7. The van der Waals surface area contributed by atoms with E-state index in [9.17, 15) is 8.78 Å². The number of guanidine groups is 1. The summed E-state index contributed by atoms with van der Waals surface area (Å²) in [7, 11) is 0. The molecule has 2 atom stereocenters. The molecule has 0 saturated heterocycles. The van der Waals surface area contributed by atoms with Crippen molar-refractivity contribution in [1.29, 1.82) is 0 Å². The first-order valence-electron chi connectivity index (χ1n) is 7.62. The van der Waals surface area contributed by atoms with Crippen LogP contribution in [0, 0.1) is 17.6 Å². The summed E-state index contributed by atoms with van der Waals surface area (Å²) in [6.07, 6.45) is 3.56. The van der Waals surface area contributed by atoms with Gasteiger partial charge in [0.15, 0.2) is 5.96 Å². The summed E-state index contributed by atoms with van der Waals surface area (Å²) >= 11 is 0. The van der Waals surface area contributed by atoms with Gasteiger partial charge in [-0.05, 0) is 43.9 Å². The molecule has 0 spiro atoms. The van der Waals surface area contributed by atoms with E-state index < -0.39 is 11.6 Å². The standard InChI is InChI=1S/C16H23F2N3/c1-3-5-11-9-15(11)21-16(19-4-2)20-10-12-8-13(17)6-7-14(12)18/h6-8,11,15H,3-5,9-10H2,1-2H3,(H2,19,20,21). The minimum atomic E-state index is -0.440. The number of nitrogens with zero attached hydrogens (tertiary/aromatic N) is 1. The fraction of sp³-hybridized carbons (Fsp3) is 0.562. The third-order valence-corrected chi connectivity index (χ3v) is 3.66. The predicted molar refractivity (Wildman–Crippen MR) is 81.1 cm³/mol. The molecular weight excluding hydrogens is 272 g/mol. The average Bonchev–Trinajstić information content (AvgIpc) is 3.18. The van der Waals surface area contributed by atoms with Gasteiger partial charge < -0.3 is 10.6 Å². The first-order valence-corrected chi connectivity index (χ1v) is 7.62. The second-order valence-electron chi connectivity index (χ2n) is 5.47. The Bertz CT molecular complexity index is 502. The van der Waals surface area contributed by atoms with Crippen molar-refractivity contribution in [3.63, 3.8) is 0 Å². The molecule has 2 N–H and O–H groups in total. The summed E-state index contributed by atoms with van der Waals surface area (Å²) in [6, 6.07) is 3.91. The lowest BCUT2D eigenvalue weighted by Gasteiger charge is -2.11. The van der Waals surface area contributed by atoms with E-state index in [4.69, 9.17) is 0 Å². The zero-order valence-electron chi connectivity index (χ0n) is 12.6. The van der Waals surface area contributed by atoms with Gasteiger partial charge in [-0.3, -0.25) is 0 Å². The monoisotopic (exact) mass is 295 g/mol. The number of hydrogen-bond acceptors (Lipinski definition) is 1. The summed E-state index contributed by atoms with van der Waals surface area (Å²) in [5.74, 6) is 0.519. The number of aliphatic imine (C=N–C) groups is 1. The normalized spacial score (nSPS) is 21.2. The Morgan fingerprint density at radius 3 is 2.86 bits per heavy atom. The third-order valence-electron chi connectivity index (χ3n) is 3.66. The number of halogens is 2. The van der Waals surface area contributed by atoms with Gasteiger partial charge in [0.25, 0.3) is 0 Å². The van der Waals surface area contributed by atoms with Crippen molar-refractivity contribution in [3.8, 4) is 0 Å². The predicted octanol–water partition coefficient (Wildman–Crippen LogP) is 3.21. The number of benzene rings is 1. The van der Waals surface area contributed by atoms with E-state index in [2.05, 4.69) is 22.5 Å². The molecule has 5 heteroatoms. The van der Waals surface area contributed by atoms with Crippen LogP contribution in [0.1, 0.15) is 38.7 Å². The first kappa shape index (κ1) is 15.7. The molecule has 1 saturated carbocycles. The van der Waals surface area contributed by atoms with Crippen LogP contribution in [-0.2, 0) is 6.54 Å². The van der Waals surface area contributed by atoms with E-state index in [1.807, 2.05) is 6.92 Å². The molecule has 0 bridgehead atoms. The second kappa shape index (κ2) is 7.38. The van der Waals surface area contributed by atoms with Gasteiger partial charge in [0.05, 0.1) is 6.54 Å². The zero-order valence-corrected chi connectivity index (χ0v) is 12.6. The molecule has 21 heavy (non-hydrogen) atoms. The van der Waals surface area contributed by atoms with E-state index in [1.54, 1.807) is 0 Å². The highest BCUT2D eigenvalue weighted by Gasteiger charge is 2.36. The molecule has 0 radical (unpaired) electrons. The van der Waals surface area contributed by atoms with E-state index in [1.165, 1.54) is 18.9 Å². The topological polar surface area (TPSA) is 36.4 Å². The first-order chi connectivity index (χ1) is 10.1. The van der Waals surface area contributed by atoms with Crippen LogP contribution in [0.15, 0.2) is 23.2 Å². The van der Waals surface area contributed by atoms with Crippen molar-refractivity contribution in [2.45, 2.75) is 45.7 Å². The fourth-order valence-corrected chi connectivity index (χ4v) is 2.44. The summed E-state index contributed by atoms with van der Waals surface area (Å²) in [4.78, 5) is 4.35. The lowest BCUT2D eigenvalue weighted by atomic mass is 10.2. The highest BCUT2D eigenvalue weighted by atomic mass is 19.1. The molecule has 0 amide bonds. The summed E-state index contributed by atoms with van der Waals surface area (Å²) in [6.45, 7) is 5.03. The fourth-order valence-electron chi connectivity index (χ4n) is 2.44. The highest BCUT2D eigenvalue weighted by molar-refractivity contribution is 5.80. The van der Waals surface area contributed by atoms with Crippen LogP contribution in [0.2, 0.25) is 0 Å². The van der Waals surface area contributed by atoms with Gasteiger partial charge in [-0.15, -0.1) is 0 Å². The van der Waals surface area contributed by atoms with Crippen LogP contribution >= 0.6 is 0 Å². The van der Waals surface area contributed by atoms with E-state index in [0.717, 1.165) is 25.1 Å². The number of nitrogens with one attached hydrogen (secondary N) is 2. The molecule has 1 aromatic carbocycles. The van der Waals surface area contributed by atoms with Gasteiger partial charge in [0.2, 0.25) is 0 Å². The Kier molecular flexibility index (Phi) is 5.53.